The van der Waals surface area contributed by atoms with Gasteiger partial charge in [-0.25, -0.2) is 9.83 Å². The van der Waals surface area contributed by atoms with Gasteiger partial charge in [-0.3, -0.25) is 24.1 Å². The normalized spacial score (nSPS) is 16.9. The van der Waals surface area contributed by atoms with Crippen LogP contribution < -0.4 is 29.9 Å². The lowest BCUT2D eigenvalue weighted by Crippen LogP contribution is -2.58. The number of thiocarbonyl (C=S) groups is 1. The molecule has 2 saturated heterocycles. The highest BCUT2D eigenvalue weighted by Gasteiger charge is 2.50. The molecule has 2 aliphatic heterocycles. The first kappa shape index (κ1) is 50.0. The van der Waals surface area contributed by atoms with E-state index in [2.05, 4.69) is 20.5 Å². The van der Waals surface area contributed by atoms with E-state index in [0.717, 1.165) is 44.1 Å². The smallest absolute Gasteiger partial charge is 0.259 e. The summed E-state index contributed by atoms with van der Waals surface area (Å²) >= 11 is 7.45. The number of aliphatic hydroxyl groups is 1. The average molecular weight is 990 g/mol. The number of hydrogen-bond donors (Lipinski definition) is 3. The first-order valence-corrected chi connectivity index (χ1v) is 24.4. The van der Waals surface area contributed by atoms with Crippen LogP contribution in [0, 0.1) is 25.8 Å². The zero-order valence-corrected chi connectivity index (χ0v) is 42.2. The number of carbonyl (C=O) groups excluding carboxylic acids is 4. The molecule has 6 aromatic rings. The summed E-state index contributed by atoms with van der Waals surface area (Å²) < 4.78 is 12.0. The molecule has 364 valence electrons. The summed E-state index contributed by atoms with van der Waals surface area (Å²) in [6.45, 7) is 20.2. The molecule has 0 bridgehead atoms. The largest absolute Gasteiger partial charge is 0.484 e. The van der Waals surface area contributed by atoms with Gasteiger partial charge in [0.1, 0.15) is 34.9 Å². The zero-order valence-electron chi connectivity index (χ0n) is 40.6. The number of thiazole rings is 1. The van der Waals surface area contributed by atoms with Crippen LogP contribution in [0.3, 0.4) is 0 Å². The maximum Gasteiger partial charge on any atom is 0.259 e. The van der Waals surface area contributed by atoms with Crippen molar-refractivity contribution < 1.29 is 33.8 Å². The number of rotatable bonds is 14. The molecule has 16 heteroatoms. The number of β-amino-alcohol motifs (C(OH)–C–C–N with tert-alkyl or cyclic N) is 1. The summed E-state index contributed by atoms with van der Waals surface area (Å²) in [6, 6.07) is 33.5. The highest BCUT2D eigenvalue weighted by atomic mass is 32.1. The second-order valence-corrected chi connectivity index (χ2v) is 20.5. The van der Waals surface area contributed by atoms with E-state index in [0.29, 0.717) is 33.7 Å². The number of aryl methyl sites for hydroxylation is 2. The fourth-order valence-electron chi connectivity index (χ4n) is 8.77. The van der Waals surface area contributed by atoms with E-state index in [1.54, 1.807) is 47.7 Å². The third kappa shape index (κ3) is 10.8. The van der Waals surface area contributed by atoms with E-state index in [9.17, 15) is 24.3 Å². The highest BCUT2D eigenvalue weighted by molar-refractivity contribution is 7.81. The molecule has 2 fully saturated rings. The van der Waals surface area contributed by atoms with Gasteiger partial charge in [0.15, 0.2) is 17.4 Å². The molecule has 0 spiro atoms. The maximum atomic E-state index is 14.1. The van der Waals surface area contributed by atoms with Gasteiger partial charge in [0.05, 0.1) is 28.8 Å². The molecule has 3 N–H and O–H groups in total. The molecule has 4 amide bonds. The SMILES string of the molecule is [C-]#[N+]c1ccc(N2C(=O)C(C)(C)N(c3ccc(-c4ccc(Oc5cccc(OCC(=O)N[C@H](C(=O)N6C[C@H](O)C[C@H]6C(=O)NCc6ccc(-c7scnc7C)cc6)C(C)(C)C)c5)cc4)cc3)C2=S)cc1C. The van der Waals surface area contributed by atoms with Crippen molar-refractivity contribution in [2.24, 2.45) is 5.41 Å². The molecule has 3 heterocycles. The van der Waals surface area contributed by atoms with Crippen molar-refractivity contribution in [2.45, 2.75) is 85.2 Å². The summed E-state index contributed by atoms with van der Waals surface area (Å²) in [5.41, 5.74) is 7.57. The number of aliphatic hydroxyl groups excluding tert-OH is 1. The highest BCUT2D eigenvalue weighted by Crippen LogP contribution is 2.39. The molecule has 0 saturated carbocycles. The Morgan fingerprint density at radius 2 is 1.55 bits per heavy atom. The third-order valence-electron chi connectivity index (χ3n) is 12.7. The van der Waals surface area contributed by atoms with E-state index in [1.165, 1.54) is 9.80 Å². The Morgan fingerprint density at radius 3 is 2.18 bits per heavy atom. The topological polar surface area (TPSA) is 158 Å². The second kappa shape index (κ2) is 20.5. The molecule has 2 aliphatic rings. The number of anilines is 2. The van der Waals surface area contributed by atoms with E-state index < -0.39 is 47.6 Å². The summed E-state index contributed by atoms with van der Waals surface area (Å²) in [7, 11) is 0. The number of ether oxygens (including phenoxy) is 2. The summed E-state index contributed by atoms with van der Waals surface area (Å²) in [5, 5.41) is 16.8. The Balaban J connectivity index is 0.847. The molecule has 1 aromatic heterocycles. The van der Waals surface area contributed by atoms with Crippen molar-refractivity contribution in [3.63, 3.8) is 0 Å². The summed E-state index contributed by atoms with van der Waals surface area (Å²) in [4.78, 5) is 68.5. The Bertz CT molecular complexity index is 3030. The van der Waals surface area contributed by atoms with Gasteiger partial charge in [-0.1, -0.05) is 81.4 Å². The van der Waals surface area contributed by atoms with Crippen molar-refractivity contribution >= 4 is 69.4 Å². The minimum absolute atomic E-state index is 0.0401. The lowest BCUT2D eigenvalue weighted by atomic mass is 9.85. The fourth-order valence-corrected chi connectivity index (χ4v) is 10.1. The van der Waals surface area contributed by atoms with Crippen LogP contribution in [0.15, 0.2) is 121 Å². The van der Waals surface area contributed by atoms with Crippen LogP contribution in [0.5, 0.6) is 17.2 Å². The minimum atomic E-state index is -1.02. The number of hydrogen-bond acceptors (Lipinski definition) is 10. The van der Waals surface area contributed by atoms with Crippen molar-refractivity contribution in [3.8, 4) is 38.8 Å². The average Bonchev–Trinajstić information content (AvgIpc) is 4.01. The zero-order chi connectivity index (χ0) is 50.8. The summed E-state index contributed by atoms with van der Waals surface area (Å²) in [5.74, 6) is -0.122. The summed E-state index contributed by atoms with van der Waals surface area (Å²) in [6.07, 6.45) is -0.820. The van der Waals surface area contributed by atoms with Crippen molar-refractivity contribution in [1.29, 1.82) is 0 Å². The molecular formula is C55H55N7O7S2. The van der Waals surface area contributed by atoms with Crippen LogP contribution >= 0.6 is 23.6 Å². The van der Waals surface area contributed by atoms with Crippen LogP contribution in [0.25, 0.3) is 26.4 Å². The van der Waals surface area contributed by atoms with Crippen LogP contribution in [0.2, 0.25) is 0 Å². The Hall–Kier alpha value is -7.45. The molecule has 0 radical (unpaired) electrons. The maximum absolute atomic E-state index is 14.1. The molecule has 71 heavy (non-hydrogen) atoms. The molecule has 8 rings (SSSR count). The lowest BCUT2D eigenvalue weighted by Gasteiger charge is -2.35. The number of nitrogens with zero attached hydrogens (tertiary/aromatic N) is 5. The monoisotopic (exact) mass is 989 g/mol. The van der Waals surface area contributed by atoms with Crippen molar-refractivity contribution in [3.05, 3.63) is 149 Å². The predicted molar refractivity (Wildman–Crippen MR) is 280 cm³/mol. The van der Waals surface area contributed by atoms with E-state index >= 15 is 0 Å². The second-order valence-electron chi connectivity index (χ2n) is 19.3. The number of amides is 4. The Morgan fingerprint density at radius 1 is 0.901 bits per heavy atom. The number of likely N-dealkylation sites (tertiary alicyclic amines) is 1. The molecular weight excluding hydrogens is 935 g/mol. The van der Waals surface area contributed by atoms with Gasteiger partial charge in [-0.05, 0) is 122 Å². The number of nitrogens with one attached hydrogen (secondary N) is 2. The molecule has 0 unspecified atom stereocenters. The standard InChI is InChI=1S/C55H55N7O7S2/c1-33-26-40(22-25-45(33)56-8)61-52(67)55(6,7)62(53(61)70)39-20-16-36(17-21-39)37-18-23-42(24-19-37)69-44-11-9-10-43(28-44)68-31-47(64)59-49(54(3,4)5)51(66)60-30-41(63)27-46(60)50(65)57-29-35-12-14-38(15-13-35)48-34(2)58-32-71-48/h9-26,28,32,41,46,49,63H,27,29-31H2,1-7H3,(H,57,65)(H,59,64)/t41-,46+,49-/m1/s1. The first-order chi connectivity index (χ1) is 33.8. The van der Waals surface area contributed by atoms with Gasteiger partial charge in [-0.2, -0.15) is 0 Å². The number of carbonyl (C=O) groups is 4. The van der Waals surface area contributed by atoms with Crippen LogP contribution in [0.1, 0.15) is 57.9 Å². The Kier molecular flexibility index (Phi) is 14.4. The number of benzene rings is 5. The van der Waals surface area contributed by atoms with Crippen LogP contribution in [-0.2, 0) is 25.7 Å². The van der Waals surface area contributed by atoms with Gasteiger partial charge >= 0.3 is 0 Å². The minimum Gasteiger partial charge on any atom is -0.484 e. The first-order valence-electron chi connectivity index (χ1n) is 23.2. The third-order valence-corrected chi connectivity index (χ3v) is 14.0. The molecule has 5 aromatic carbocycles. The van der Waals surface area contributed by atoms with Gasteiger partial charge in [0.2, 0.25) is 11.8 Å². The van der Waals surface area contributed by atoms with E-state index in [-0.39, 0.29) is 31.3 Å². The van der Waals surface area contributed by atoms with Gasteiger partial charge in [0, 0.05) is 37.0 Å². The van der Waals surface area contributed by atoms with E-state index in [1.807, 2.05) is 138 Å². The van der Waals surface area contributed by atoms with Crippen molar-refractivity contribution in [1.82, 2.24) is 20.5 Å². The lowest BCUT2D eigenvalue weighted by molar-refractivity contribution is -0.144. The number of aromatic nitrogens is 1. The fraction of sp³-hybridized carbons (Fsp3) is 0.291. The van der Waals surface area contributed by atoms with Crippen LogP contribution in [0.4, 0.5) is 17.1 Å². The van der Waals surface area contributed by atoms with Gasteiger partial charge < -0.3 is 35.0 Å². The van der Waals surface area contributed by atoms with Gasteiger partial charge in [-0.15, -0.1) is 11.3 Å². The quantitative estimate of drug-likeness (QED) is 0.0709. The van der Waals surface area contributed by atoms with E-state index in [4.69, 9.17) is 28.3 Å². The predicted octanol–water partition coefficient (Wildman–Crippen LogP) is 9.54. The Labute approximate surface area is 423 Å². The van der Waals surface area contributed by atoms with Crippen molar-refractivity contribution in [2.75, 3.05) is 23.0 Å². The van der Waals surface area contributed by atoms with Gasteiger partial charge in [0.25, 0.3) is 11.8 Å². The molecule has 0 aliphatic carbocycles. The van der Waals surface area contributed by atoms with Crippen LogP contribution in [-0.4, -0.2) is 80.6 Å². The molecule has 3 atom stereocenters. The molecule has 14 nitrogen and oxygen atoms in total.